The second kappa shape index (κ2) is 8.44. The Morgan fingerprint density at radius 3 is 2.23 bits per heavy atom. The molecule has 0 unspecified atom stereocenters. The highest BCUT2D eigenvalue weighted by molar-refractivity contribution is 6.07. The summed E-state index contributed by atoms with van der Waals surface area (Å²) in [6, 6.07) is 14.7. The van der Waals surface area contributed by atoms with Gasteiger partial charge in [-0.2, -0.15) is 13.2 Å². The van der Waals surface area contributed by atoms with Crippen molar-refractivity contribution < 1.29 is 32.2 Å². The van der Waals surface area contributed by atoms with E-state index in [1.807, 2.05) is 0 Å². The number of carbonyl (C=O) groups excluding carboxylic acids is 2. The van der Waals surface area contributed by atoms with Crippen LogP contribution in [0.1, 0.15) is 22.8 Å². The number of hydrogen-bond donors (Lipinski definition) is 1. The molecule has 0 aliphatic heterocycles. The highest BCUT2D eigenvalue weighted by Gasteiger charge is 2.34. The van der Waals surface area contributed by atoms with Crippen molar-refractivity contribution in [3.05, 3.63) is 71.8 Å². The number of benzene rings is 3. The molecule has 156 valence electrons. The van der Waals surface area contributed by atoms with E-state index in [2.05, 4.69) is 5.32 Å². The Morgan fingerprint density at radius 2 is 1.57 bits per heavy atom. The number of ether oxygens (including phenoxy) is 2. The molecule has 0 aliphatic carbocycles. The zero-order valence-corrected chi connectivity index (χ0v) is 16.1. The van der Waals surface area contributed by atoms with Gasteiger partial charge in [0.25, 0.3) is 5.91 Å². The fourth-order valence-electron chi connectivity index (χ4n) is 2.98. The minimum Gasteiger partial charge on any atom is -0.496 e. The summed E-state index contributed by atoms with van der Waals surface area (Å²) >= 11 is 0. The average molecular weight is 417 g/mol. The third-order valence-electron chi connectivity index (χ3n) is 4.47. The Bertz CT molecular complexity index is 1100. The molecule has 8 heteroatoms. The zero-order valence-electron chi connectivity index (χ0n) is 16.1. The van der Waals surface area contributed by atoms with Gasteiger partial charge in [0, 0.05) is 5.39 Å². The SMILES string of the molecule is COc1ccc(C(=O)O[C@H](C)C(=O)Nc2ccccc2C(F)(F)F)c2ccccc12. The van der Waals surface area contributed by atoms with Gasteiger partial charge in [0.2, 0.25) is 0 Å². The topological polar surface area (TPSA) is 64.6 Å². The number of nitrogens with one attached hydrogen (secondary N) is 1. The first-order valence-corrected chi connectivity index (χ1v) is 8.96. The predicted molar refractivity (Wildman–Crippen MR) is 105 cm³/mol. The van der Waals surface area contributed by atoms with Crippen molar-refractivity contribution in [2.75, 3.05) is 12.4 Å². The molecule has 3 aromatic rings. The van der Waals surface area contributed by atoms with Gasteiger partial charge >= 0.3 is 12.1 Å². The van der Waals surface area contributed by atoms with Crippen LogP contribution in [0, 0.1) is 0 Å². The molecule has 0 bridgehead atoms. The van der Waals surface area contributed by atoms with Gasteiger partial charge in [0.1, 0.15) is 5.75 Å². The molecule has 0 fully saturated rings. The van der Waals surface area contributed by atoms with Crippen LogP contribution in [-0.4, -0.2) is 25.1 Å². The van der Waals surface area contributed by atoms with E-state index in [1.165, 1.54) is 32.2 Å². The number of anilines is 1. The van der Waals surface area contributed by atoms with Crippen molar-refractivity contribution in [2.45, 2.75) is 19.2 Å². The minimum absolute atomic E-state index is 0.210. The molecule has 1 amide bonds. The van der Waals surface area contributed by atoms with Gasteiger partial charge in [0.15, 0.2) is 6.10 Å². The van der Waals surface area contributed by atoms with Crippen LogP contribution in [0.2, 0.25) is 0 Å². The molecule has 0 spiro atoms. The van der Waals surface area contributed by atoms with E-state index >= 15 is 0 Å². The molecule has 1 atom stereocenters. The van der Waals surface area contributed by atoms with Crippen molar-refractivity contribution >= 4 is 28.3 Å². The molecular formula is C22H18F3NO4. The van der Waals surface area contributed by atoms with E-state index in [-0.39, 0.29) is 5.56 Å². The Hall–Kier alpha value is -3.55. The average Bonchev–Trinajstić information content (AvgIpc) is 2.72. The Morgan fingerprint density at radius 1 is 0.933 bits per heavy atom. The summed E-state index contributed by atoms with van der Waals surface area (Å²) in [5.41, 5.74) is -1.19. The second-order valence-electron chi connectivity index (χ2n) is 6.44. The quantitative estimate of drug-likeness (QED) is 0.590. The Kier molecular flexibility index (Phi) is 5.96. The van der Waals surface area contributed by atoms with E-state index in [4.69, 9.17) is 9.47 Å². The largest absolute Gasteiger partial charge is 0.496 e. The summed E-state index contributed by atoms with van der Waals surface area (Å²) in [5.74, 6) is -1.09. The number of alkyl halides is 3. The maximum Gasteiger partial charge on any atom is 0.418 e. The maximum absolute atomic E-state index is 13.1. The van der Waals surface area contributed by atoms with E-state index < -0.39 is 35.4 Å². The molecule has 1 N–H and O–H groups in total. The molecule has 0 aromatic heterocycles. The third-order valence-corrected chi connectivity index (χ3v) is 4.47. The van der Waals surface area contributed by atoms with Gasteiger partial charge in [-0.15, -0.1) is 0 Å². The first kappa shape index (κ1) is 21.2. The van der Waals surface area contributed by atoms with Crippen molar-refractivity contribution in [1.29, 1.82) is 0 Å². The van der Waals surface area contributed by atoms with Crippen LogP contribution in [0.15, 0.2) is 60.7 Å². The molecule has 3 rings (SSSR count). The fraction of sp³-hybridized carbons (Fsp3) is 0.182. The molecule has 0 saturated heterocycles. The summed E-state index contributed by atoms with van der Waals surface area (Å²) in [4.78, 5) is 25.0. The third kappa shape index (κ3) is 4.37. The molecular weight excluding hydrogens is 399 g/mol. The summed E-state index contributed by atoms with van der Waals surface area (Å²) in [7, 11) is 1.50. The standard InChI is InChI=1S/C22H18F3NO4/c1-13(20(27)26-18-10-6-5-9-17(18)22(23,24)25)30-21(28)16-11-12-19(29-2)15-8-4-3-7-14(15)16/h3-13H,1-2H3,(H,26,27)/t13-/m1/s1. The molecule has 0 saturated carbocycles. The first-order chi connectivity index (χ1) is 14.2. The van der Waals surface area contributed by atoms with Crippen molar-refractivity contribution in [1.82, 2.24) is 0 Å². The van der Waals surface area contributed by atoms with Crippen LogP contribution >= 0.6 is 0 Å². The zero-order chi connectivity index (χ0) is 21.9. The van der Waals surface area contributed by atoms with E-state index in [0.29, 0.717) is 16.5 Å². The number of amides is 1. The lowest BCUT2D eigenvalue weighted by atomic mass is 10.0. The lowest BCUT2D eigenvalue weighted by Gasteiger charge is -2.17. The van der Waals surface area contributed by atoms with Crippen molar-refractivity contribution in [3.63, 3.8) is 0 Å². The van der Waals surface area contributed by atoms with Gasteiger partial charge < -0.3 is 14.8 Å². The van der Waals surface area contributed by atoms with Gasteiger partial charge in [-0.3, -0.25) is 4.79 Å². The monoisotopic (exact) mass is 417 g/mol. The molecule has 0 heterocycles. The fourth-order valence-corrected chi connectivity index (χ4v) is 2.98. The van der Waals surface area contributed by atoms with Crippen LogP contribution in [-0.2, 0) is 15.7 Å². The van der Waals surface area contributed by atoms with Crippen LogP contribution in [0.25, 0.3) is 10.8 Å². The normalized spacial score (nSPS) is 12.3. The van der Waals surface area contributed by atoms with Gasteiger partial charge in [-0.1, -0.05) is 36.4 Å². The molecule has 3 aromatic carbocycles. The van der Waals surface area contributed by atoms with Crippen LogP contribution in [0.4, 0.5) is 18.9 Å². The number of para-hydroxylation sites is 1. The number of halogens is 3. The van der Waals surface area contributed by atoms with Gasteiger partial charge in [-0.05, 0) is 36.6 Å². The highest BCUT2D eigenvalue weighted by atomic mass is 19.4. The van der Waals surface area contributed by atoms with E-state index in [0.717, 1.165) is 12.1 Å². The Balaban J connectivity index is 1.79. The number of rotatable bonds is 5. The lowest BCUT2D eigenvalue weighted by molar-refractivity contribution is -0.137. The molecule has 5 nitrogen and oxygen atoms in total. The van der Waals surface area contributed by atoms with Gasteiger partial charge in [-0.25, -0.2) is 4.79 Å². The number of esters is 1. The summed E-state index contributed by atoms with van der Waals surface area (Å²) in [5, 5.41) is 3.43. The van der Waals surface area contributed by atoms with Crippen LogP contribution < -0.4 is 10.1 Å². The van der Waals surface area contributed by atoms with Crippen LogP contribution in [0.3, 0.4) is 0 Å². The number of fused-ring (bicyclic) bond motifs is 1. The van der Waals surface area contributed by atoms with Crippen LogP contribution in [0.5, 0.6) is 5.75 Å². The second-order valence-corrected chi connectivity index (χ2v) is 6.44. The summed E-state index contributed by atoms with van der Waals surface area (Å²) in [6.07, 6.45) is -5.95. The highest BCUT2D eigenvalue weighted by Crippen LogP contribution is 2.34. The number of methoxy groups -OCH3 is 1. The summed E-state index contributed by atoms with van der Waals surface area (Å²) < 4.78 is 49.8. The van der Waals surface area contributed by atoms with E-state index in [1.54, 1.807) is 30.3 Å². The molecule has 30 heavy (non-hydrogen) atoms. The van der Waals surface area contributed by atoms with Crippen molar-refractivity contribution in [3.8, 4) is 5.75 Å². The summed E-state index contributed by atoms with van der Waals surface area (Å²) in [6.45, 7) is 1.29. The molecule has 0 aliphatic rings. The first-order valence-electron chi connectivity index (χ1n) is 8.96. The Labute approximate surface area is 170 Å². The number of hydrogen-bond acceptors (Lipinski definition) is 4. The lowest BCUT2D eigenvalue weighted by Crippen LogP contribution is -2.30. The maximum atomic E-state index is 13.1. The smallest absolute Gasteiger partial charge is 0.418 e. The predicted octanol–water partition coefficient (Wildman–Crippen LogP) is 5.05. The van der Waals surface area contributed by atoms with Crippen molar-refractivity contribution in [2.24, 2.45) is 0 Å². The van der Waals surface area contributed by atoms with E-state index in [9.17, 15) is 22.8 Å². The minimum atomic E-state index is -4.63. The number of carbonyl (C=O) groups is 2. The molecule has 0 radical (unpaired) electrons. The van der Waals surface area contributed by atoms with Gasteiger partial charge in [0.05, 0.1) is 23.9 Å².